The summed E-state index contributed by atoms with van der Waals surface area (Å²) in [6.07, 6.45) is 0.518. The molecule has 4 heteroatoms. The normalized spacial score (nSPS) is 11.2. The van der Waals surface area contributed by atoms with Crippen LogP contribution < -0.4 is 5.73 Å². The van der Waals surface area contributed by atoms with E-state index in [1.165, 1.54) is 13.2 Å². The highest BCUT2D eigenvalue weighted by Crippen LogP contribution is 2.27. The molecule has 0 fully saturated rings. The molecule has 0 aliphatic rings. The SMILES string of the molecule is COC(=O)C(C)(C)Cc1ccc(O)c(N)c1. The van der Waals surface area contributed by atoms with Crippen LogP contribution in [0.2, 0.25) is 0 Å². The third kappa shape index (κ3) is 2.66. The summed E-state index contributed by atoms with van der Waals surface area (Å²) in [4.78, 5) is 11.5. The third-order valence-electron chi connectivity index (χ3n) is 2.48. The van der Waals surface area contributed by atoms with Gasteiger partial charge >= 0.3 is 5.97 Å². The Morgan fingerprint density at radius 1 is 1.50 bits per heavy atom. The second-order valence-electron chi connectivity index (χ2n) is 4.45. The summed E-state index contributed by atoms with van der Waals surface area (Å²) >= 11 is 0. The minimum absolute atomic E-state index is 0.0552. The fourth-order valence-electron chi connectivity index (χ4n) is 1.57. The van der Waals surface area contributed by atoms with E-state index < -0.39 is 5.41 Å². The number of esters is 1. The molecule has 1 aromatic carbocycles. The average molecular weight is 223 g/mol. The van der Waals surface area contributed by atoms with Crippen LogP contribution in [0.4, 0.5) is 5.69 Å². The number of aromatic hydroxyl groups is 1. The summed E-state index contributed by atoms with van der Waals surface area (Å²) in [6.45, 7) is 3.61. The lowest BCUT2D eigenvalue weighted by Crippen LogP contribution is -2.27. The van der Waals surface area contributed by atoms with Crippen LogP contribution in [0.5, 0.6) is 5.75 Å². The summed E-state index contributed by atoms with van der Waals surface area (Å²) in [5.74, 6) is -0.209. The lowest BCUT2D eigenvalue weighted by Gasteiger charge is -2.21. The maximum Gasteiger partial charge on any atom is 0.311 e. The predicted molar refractivity (Wildman–Crippen MR) is 62.0 cm³/mol. The quantitative estimate of drug-likeness (QED) is 0.465. The van der Waals surface area contributed by atoms with Crippen LogP contribution in [0.1, 0.15) is 19.4 Å². The van der Waals surface area contributed by atoms with Gasteiger partial charge in [-0.05, 0) is 38.0 Å². The van der Waals surface area contributed by atoms with E-state index >= 15 is 0 Å². The maximum absolute atomic E-state index is 11.5. The average Bonchev–Trinajstić information content (AvgIpc) is 2.22. The van der Waals surface area contributed by atoms with Crippen LogP contribution in [-0.2, 0) is 16.0 Å². The van der Waals surface area contributed by atoms with Crippen molar-refractivity contribution in [1.82, 2.24) is 0 Å². The highest BCUT2D eigenvalue weighted by Gasteiger charge is 2.28. The topological polar surface area (TPSA) is 72.5 Å². The monoisotopic (exact) mass is 223 g/mol. The Hall–Kier alpha value is -1.71. The molecule has 0 radical (unpaired) electrons. The lowest BCUT2D eigenvalue weighted by molar-refractivity contribution is -0.150. The standard InChI is InChI=1S/C12H17NO3/c1-12(2,11(15)16-3)7-8-4-5-10(14)9(13)6-8/h4-6,14H,7,13H2,1-3H3. The zero-order chi connectivity index (χ0) is 12.3. The molecular weight excluding hydrogens is 206 g/mol. The molecule has 0 heterocycles. The van der Waals surface area contributed by atoms with Gasteiger partial charge in [0.2, 0.25) is 0 Å². The van der Waals surface area contributed by atoms with Crippen LogP contribution in [0.3, 0.4) is 0 Å². The number of carbonyl (C=O) groups excluding carboxylic acids is 1. The van der Waals surface area contributed by atoms with Crippen LogP contribution >= 0.6 is 0 Å². The zero-order valence-corrected chi connectivity index (χ0v) is 9.78. The number of carbonyl (C=O) groups is 1. The molecule has 0 unspecified atom stereocenters. The Balaban J connectivity index is 2.88. The molecule has 1 aromatic rings. The largest absolute Gasteiger partial charge is 0.506 e. The number of ether oxygens (including phenoxy) is 1. The number of phenols is 1. The van der Waals surface area contributed by atoms with Gasteiger partial charge in [-0.1, -0.05) is 6.07 Å². The fraction of sp³-hybridized carbons (Fsp3) is 0.417. The summed E-state index contributed by atoms with van der Waals surface area (Å²) in [5, 5.41) is 9.28. The zero-order valence-electron chi connectivity index (χ0n) is 9.78. The lowest BCUT2D eigenvalue weighted by atomic mass is 9.86. The first-order valence-electron chi connectivity index (χ1n) is 5.02. The van der Waals surface area contributed by atoms with E-state index in [0.29, 0.717) is 12.1 Å². The van der Waals surface area contributed by atoms with Gasteiger partial charge in [-0.2, -0.15) is 0 Å². The molecule has 0 amide bonds. The van der Waals surface area contributed by atoms with Gasteiger partial charge in [-0.25, -0.2) is 0 Å². The molecule has 0 spiro atoms. The van der Waals surface area contributed by atoms with Gasteiger partial charge in [0.25, 0.3) is 0 Å². The molecule has 3 N–H and O–H groups in total. The molecule has 0 aliphatic heterocycles. The van der Waals surface area contributed by atoms with Crippen molar-refractivity contribution >= 4 is 11.7 Å². The Morgan fingerprint density at radius 3 is 2.62 bits per heavy atom. The Morgan fingerprint density at radius 2 is 2.12 bits per heavy atom. The number of hydrogen-bond acceptors (Lipinski definition) is 4. The Bertz CT molecular complexity index is 399. The van der Waals surface area contributed by atoms with Crippen molar-refractivity contribution in [2.24, 2.45) is 5.41 Å². The highest BCUT2D eigenvalue weighted by molar-refractivity contribution is 5.76. The van der Waals surface area contributed by atoms with Gasteiger partial charge in [0.05, 0.1) is 18.2 Å². The summed E-state index contributed by atoms with van der Waals surface area (Å²) < 4.78 is 4.72. The number of anilines is 1. The first-order valence-corrected chi connectivity index (χ1v) is 5.02. The molecule has 0 aromatic heterocycles. The number of rotatable bonds is 3. The summed E-state index contributed by atoms with van der Waals surface area (Å²) in [7, 11) is 1.37. The molecule has 0 bridgehead atoms. The molecular formula is C12H17NO3. The van der Waals surface area contributed by atoms with Crippen molar-refractivity contribution in [3.63, 3.8) is 0 Å². The van der Waals surface area contributed by atoms with Crippen molar-refractivity contribution in [3.8, 4) is 5.75 Å². The van der Waals surface area contributed by atoms with Crippen molar-refractivity contribution in [1.29, 1.82) is 0 Å². The van der Waals surface area contributed by atoms with E-state index in [-0.39, 0.29) is 11.7 Å². The molecule has 0 saturated heterocycles. The minimum atomic E-state index is -0.599. The molecule has 0 aliphatic carbocycles. The second-order valence-corrected chi connectivity index (χ2v) is 4.45. The van der Waals surface area contributed by atoms with Crippen LogP contribution in [0.25, 0.3) is 0 Å². The number of methoxy groups -OCH3 is 1. The molecule has 88 valence electrons. The maximum atomic E-state index is 11.5. The van der Waals surface area contributed by atoms with Gasteiger partial charge in [0.15, 0.2) is 0 Å². The highest BCUT2D eigenvalue weighted by atomic mass is 16.5. The molecule has 1 rings (SSSR count). The van der Waals surface area contributed by atoms with E-state index in [0.717, 1.165) is 5.56 Å². The number of phenolic OH excluding ortho intramolecular Hbond substituents is 1. The van der Waals surface area contributed by atoms with E-state index in [1.807, 2.05) is 13.8 Å². The van der Waals surface area contributed by atoms with Gasteiger partial charge in [-0.3, -0.25) is 4.79 Å². The first kappa shape index (κ1) is 12.4. The third-order valence-corrected chi connectivity index (χ3v) is 2.48. The Labute approximate surface area is 95.0 Å². The van der Waals surface area contributed by atoms with Gasteiger partial charge in [-0.15, -0.1) is 0 Å². The van der Waals surface area contributed by atoms with Crippen molar-refractivity contribution < 1.29 is 14.6 Å². The second kappa shape index (κ2) is 4.43. The summed E-state index contributed by atoms with van der Waals surface area (Å²) in [6, 6.07) is 4.94. The van der Waals surface area contributed by atoms with Crippen molar-refractivity contribution in [2.45, 2.75) is 20.3 Å². The number of benzene rings is 1. The van der Waals surface area contributed by atoms with E-state index in [4.69, 9.17) is 10.5 Å². The molecule has 4 nitrogen and oxygen atoms in total. The van der Waals surface area contributed by atoms with Crippen molar-refractivity contribution in [2.75, 3.05) is 12.8 Å². The van der Waals surface area contributed by atoms with Crippen molar-refractivity contribution in [3.05, 3.63) is 23.8 Å². The number of nitrogen functional groups attached to an aromatic ring is 1. The van der Waals surface area contributed by atoms with E-state index in [2.05, 4.69) is 0 Å². The van der Waals surface area contributed by atoms with Crippen LogP contribution in [0.15, 0.2) is 18.2 Å². The van der Waals surface area contributed by atoms with Crippen LogP contribution in [-0.4, -0.2) is 18.2 Å². The van der Waals surface area contributed by atoms with Crippen LogP contribution in [0, 0.1) is 5.41 Å². The molecule has 16 heavy (non-hydrogen) atoms. The molecule has 0 saturated carbocycles. The van der Waals surface area contributed by atoms with Gasteiger partial charge in [0, 0.05) is 0 Å². The van der Waals surface area contributed by atoms with Gasteiger partial charge < -0.3 is 15.6 Å². The number of nitrogens with two attached hydrogens (primary N) is 1. The molecule has 0 atom stereocenters. The first-order chi connectivity index (χ1) is 7.36. The minimum Gasteiger partial charge on any atom is -0.506 e. The van der Waals surface area contributed by atoms with Gasteiger partial charge in [0.1, 0.15) is 5.75 Å². The van der Waals surface area contributed by atoms with E-state index in [9.17, 15) is 9.90 Å². The predicted octanol–water partition coefficient (Wildman–Crippen LogP) is 1.72. The smallest absolute Gasteiger partial charge is 0.311 e. The number of hydrogen-bond donors (Lipinski definition) is 2. The Kier molecular flexibility index (Phi) is 3.42. The fourth-order valence-corrected chi connectivity index (χ4v) is 1.57. The summed E-state index contributed by atoms with van der Waals surface area (Å²) in [5.41, 5.74) is 6.19. The van der Waals surface area contributed by atoms with E-state index in [1.54, 1.807) is 12.1 Å².